The van der Waals surface area contributed by atoms with E-state index in [1.807, 2.05) is 0 Å². The zero-order valence-corrected chi connectivity index (χ0v) is 16.1. The number of anilines is 1. The number of aromatic nitrogens is 4. The minimum atomic E-state index is -1.35. The number of fused-ring (bicyclic) bond motifs is 1. The lowest BCUT2D eigenvalue weighted by Crippen LogP contribution is -2.42. The highest BCUT2D eigenvalue weighted by molar-refractivity contribution is 5.82. The van der Waals surface area contributed by atoms with Gasteiger partial charge in [-0.3, -0.25) is 4.57 Å². The van der Waals surface area contributed by atoms with Crippen LogP contribution in [0.25, 0.3) is 11.2 Å². The molecular weight excluding hydrogens is 362 g/mol. The Balaban J connectivity index is 1.59. The van der Waals surface area contributed by atoms with Crippen LogP contribution in [0.5, 0.6) is 0 Å². The first-order valence-corrected chi connectivity index (χ1v) is 10.1. The highest BCUT2D eigenvalue weighted by atomic mass is 16.5. The molecule has 0 radical (unpaired) electrons. The van der Waals surface area contributed by atoms with Gasteiger partial charge in [0.2, 0.25) is 0 Å². The van der Waals surface area contributed by atoms with Gasteiger partial charge in [0.05, 0.1) is 12.9 Å². The van der Waals surface area contributed by atoms with Gasteiger partial charge in [0, 0.05) is 13.2 Å². The number of aliphatic hydroxyl groups is 3. The highest BCUT2D eigenvalue weighted by Crippen LogP contribution is 2.41. The number of nitrogens with zero attached hydrogens (tertiary/aromatic N) is 4. The number of methoxy groups -OCH3 is 1. The Bertz CT molecular complexity index is 774. The Morgan fingerprint density at radius 1 is 1.14 bits per heavy atom. The summed E-state index contributed by atoms with van der Waals surface area (Å²) in [7, 11) is 1.37. The van der Waals surface area contributed by atoms with Gasteiger partial charge in [0.15, 0.2) is 23.2 Å². The predicted octanol–water partition coefficient (Wildman–Crippen LogP) is 1.07. The van der Waals surface area contributed by atoms with Crippen molar-refractivity contribution in [3.8, 4) is 0 Å². The second kappa shape index (κ2) is 8.28. The number of aliphatic hydroxyl groups excluding tert-OH is 3. The molecule has 0 amide bonds. The molecule has 2 fully saturated rings. The highest BCUT2D eigenvalue weighted by Gasteiger charge is 2.37. The zero-order valence-electron chi connectivity index (χ0n) is 16.1. The van der Waals surface area contributed by atoms with E-state index in [0.717, 1.165) is 0 Å². The fourth-order valence-electron chi connectivity index (χ4n) is 4.21. The molecule has 0 bridgehead atoms. The second-order valence-electron chi connectivity index (χ2n) is 7.96. The fourth-order valence-corrected chi connectivity index (χ4v) is 4.21. The summed E-state index contributed by atoms with van der Waals surface area (Å²) in [4.78, 5) is 13.1. The Morgan fingerprint density at radius 2 is 1.82 bits per heavy atom. The van der Waals surface area contributed by atoms with Crippen LogP contribution in [0.4, 0.5) is 5.82 Å². The van der Waals surface area contributed by atoms with Crippen molar-refractivity contribution in [1.29, 1.82) is 0 Å². The van der Waals surface area contributed by atoms with Crippen molar-refractivity contribution in [2.24, 2.45) is 11.8 Å². The third kappa shape index (κ3) is 3.47. The largest absolute Gasteiger partial charge is 0.394 e. The summed E-state index contributed by atoms with van der Waals surface area (Å²) in [5.41, 5.74) is 0.994. The lowest BCUT2D eigenvalue weighted by Gasteiger charge is -2.43. The molecule has 0 aromatic carbocycles. The molecule has 3 atom stereocenters. The summed E-state index contributed by atoms with van der Waals surface area (Å²) in [6.45, 7) is -0.409. The number of ether oxygens (including phenoxy) is 1. The molecule has 2 heterocycles. The van der Waals surface area contributed by atoms with Crippen LogP contribution in [0.3, 0.4) is 0 Å². The summed E-state index contributed by atoms with van der Waals surface area (Å²) in [5, 5.41) is 33.8. The third-order valence-electron chi connectivity index (χ3n) is 6.43. The van der Waals surface area contributed by atoms with Gasteiger partial charge < -0.3 is 25.4 Å². The summed E-state index contributed by atoms with van der Waals surface area (Å²) in [6.07, 6.45) is 6.89. The summed E-state index contributed by atoms with van der Waals surface area (Å²) in [5.74, 6) is 2.02. The maximum Gasteiger partial charge on any atom is 0.167 e. The van der Waals surface area contributed by atoms with E-state index in [4.69, 9.17) is 4.74 Å². The molecule has 2 aromatic heterocycles. The molecule has 2 aromatic rings. The molecule has 9 nitrogen and oxygen atoms in total. The van der Waals surface area contributed by atoms with Crippen molar-refractivity contribution in [2.45, 2.75) is 63.0 Å². The van der Waals surface area contributed by atoms with E-state index >= 15 is 0 Å². The van der Waals surface area contributed by atoms with E-state index in [1.54, 1.807) is 0 Å². The number of imidazole rings is 1. The van der Waals surface area contributed by atoms with Crippen molar-refractivity contribution in [2.75, 3.05) is 19.0 Å². The van der Waals surface area contributed by atoms with E-state index in [1.165, 1.54) is 62.9 Å². The first-order chi connectivity index (χ1) is 13.6. The summed E-state index contributed by atoms with van der Waals surface area (Å²) < 4.78 is 6.41. The monoisotopic (exact) mass is 391 g/mol. The molecule has 0 aliphatic heterocycles. The van der Waals surface area contributed by atoms with Crippen LogP contribution < -0.4 is 5.32 Å². The van der Waals surface area contributed by atoms with E-state index in [9.17, 15) is 15.3 Å². The van der Waals surface area contributed by atoms with E-state index in [0.29, 0.717) is 34.9 Å². The number of nitrogens with one attached hydrogen (secondary N) is 1. The van der Waals surface area contributed by atoms with Crippen molar-refractivity contribution in [3.63, 3.8) is 0 Å². The van der Waals surface area contributed by atoms with E-state index < -0.39 is 25.0 Å². The van der Waals surface area contributed by atoms with Crippen LogP contribution in [-0.4, -0.2) is 66.8 Å². The quantitative estimate of drug-likeness (QED) is 0.500. The number of hydrogen-bond donors (Lipinski definition) is 4. The lowest BCUT2D eigenvalue weighted by molar-refractivity contribution is -0.116. The van der Waals surface area contributed by atoms with Gasteiger partial charge >= 0.3 is 0 Å². The van der Waals surface area contributed by atoms with Gasteiger partial charge in [0.1, 0.15) is 18.5 Å². The molecule has 2 aliphatic carbocycles. The van der Waals surface area contributed by atoms with Crippen LogP contribution in [0.15, 0.2) is 12.7 Å². The lowest BCUT2D eigenvalue weighted by atomic mass is 9.68. The van der Waals surface area contributed by atoms with Gasteiger partial charge in [-0.1, -0.05) is 12.8 Å². The molecule has 0 spiro atoms. The Hall–Kier alpha value is -1.81. The maximum atomic E-state index is 10.6. The standard InChI is InChI=1S/C19H29N5O4/c1-28-13(8-25)16(26)19(27)24-10-22-15-17(20-9-21-18(15)24)23-14(11-4-2-5-11)12-6-3-7-12/h9-14,16,19,25-27H,2-8H2,1H3,(H,20,21,23)/t13-,16-,19-/m1/s1. The second-order valence-corrected chi connectivity index (χ2v) is 7.96. The van der Waals surface area contributed by atoms with Crippen LogP contribution in [0.2, 0.25) is 0 Å². The molecule has 0 unspecified atom stereocenters. The fraction of sp³-hybridized carbons (Fsp3) is 0.737. The van der Waals surface area contributed by atoms with Crippen LogP contribution in [0, 0.1) is 11.8 Å². The van der Waals surface area contributed by atoms with E-state index in [2.05, 4.69) is 20.3 Å². The molecule has 4 N–H and O–H groups in total. The summed E-state index contributed by atoms with van der Waals surface area (Å²) in [6, 6.07) is 0.397. The topological polar surface area (TPSA) is 126 Å². The minimum Gasteiger partial charge on any atom is -0.394 e. The van der Waals surface area contributed by atoms with Gasteiger partial charge in [0.25, 0.3) is 0 Å². The molecule has 2 saturated carbocycles. The average molecular weight is 391 g/mol. The smallest absolute Gasteiger partial charge is 0.167 e. The Labute approximate surface area is 163 Å². The van der Waals surface area contributed by atoms with Gasteiger partial charge in [-0.05, 0) is 37.5 Å². The minimum absolute atomic E-state index is 0.397. The number of hydrogen-bond acceptors (Lipinski definition) is 8. The third-order valence-corrected chi connectivity index (χ3v) is 6.43. The average Bonchev–Trinajstić information content (AvgIpc) is 3.04. The Morgan fingerprint density at radius 3 is 2.36 bits per heavy atom. The first-order valence-electron chi connectivity index (χ1n) is 10.1. The maximum absolute atomic E-state index is 10.6. The van der Waals surface area contributed by atoms with Crippen molar-refractivity contribution >= 4 is 17.0 Å². The summed E-state index contributed by atoms with van der Waals surface area (Å²) >= 11 is 0. The van der Waals surface area contributed by atoms with Crippen LogP contribution in [-0.2, 0) is 4.74 Å². The van der Waals surface area contributed by atoms with Gasteiger partial charge in [-0.15, -0.1) is 0 Å². The van der Waals surface area contributed by atoms with Crippen molar-refractivity contribution in [1.82, 2.24) is 19.5 Å². The molecule has 9 heteroatoms. The number of rotatable bonds is 9. The normalized spacial score (nSPS) is 21.3. The van der Waals surface area contributed by atoms with Crippen LogP contribution >= 0.6 is 0 Å². The molecule has 0 saturated heterocycles. The van der Waals surface area contributed by atoms with Gasteiger partial charge in [-0.2, -0.15) is 0 Å². The Kier molecular flexibility index (Phi) is 5.77. The zero-order chi connectivity index (χ0) is 19.7. The van der Waals surface area contributed by atoms with Gasteiger partial charge in [-0.25, -0.2) is 15.0 Å². The molecular formula is C19H29N5O4. The van der Waals surface area contributed by atoms with E-state index in [-0.39, 0.29) is 0 Å². The molecule has 154 valence electrons. The van der Waals surface area contributed by atoms with Crippen molar-refractivity contribution in [3.05, 3.63) is 12.7 Å². The molecule has 28 heavy (non-hydrogen) atoms. The van der Waals surface area contributed by atoms with Crippen LogP contribution in [0.1, 0.15) is 44.8 Å². The molecule has 2 aliphatic rings. The van der Waals surface area contributed by atoms with Crippen molar-refractivity contribution < 1.29 is 20.1 Å². The predicted molar refractivity (Wildman–Crippen MR) is 103 cm³/mol. The molecule has 4 rings (SSSR count). The SMILES string of the molecule is CO[C@H](CO)[C@@H](O)[C@@H](O)n1cnc2c(NC(C3CCC3)C3CCC3)ncnc21. The first kappa shape index (κ1) is 19.5.